The zero-order valence-corrected chi connectivity index (χ0v) is 10.9. The number of hydrogen-bond donors (Lipinski definition) is 1. The van der Waals surface area contributed by atoms with Gasteiger partial charge in [-0.25, -0.2) is 0 Å². The zero-order chi connectivity index (χ0) is 13.4. The average Bonchev–Trinajstić information content (AvgIpc) is 3.03. The number of nitrogens with zero attached hydrogens (tertiary/aromatic N) is 2. The van der Waals surface area contributed by atoms with Gasteiger partial charge in [0.15, 0.2) is 0 Å². The summed E-state index contributed by atoms with van der Waals surface area (Å²) in [6.45, 7) is 0. The monoisotopic (exact) mass is 295 g/mol. The van der Waals surface area contributed by atoms with Gasteiger partial charge in [-0.05, 0) is 18.2 Å². The van der Waals surface area contributed by atoms with Crippen molar-refractivity contribution in [1.29, 1.82) is 0 Å². The van der Waals surface area contributed by atoms with E-state index in [9.17, 15) is 0 Å². The molecule has 0 bridgehead atoms. The molecule has 2 heterocycles. The average molecular weight is 296 g/mol. The lowest BCUT2D eigenvalue weighted by atomic mass is 10.2. The summed E-state index contributed by atoms with van der Waals surface area (Å²) in [6, 6.07) is 4.90. The van der Waals surface area contributed by atoms with Crippen LogP contribution in [0.1, 0.15) is 0 Å². The predicted octanol–water partition coefficient (Wildman–Crippen LogP) is 3.89. The Morgan fingerprint density at radius 1 is 1.21 bits per heavy atom. The van der Waals surface area contributed by atoms with Crippen molar-refractivity contribution in [2.75, 3.05) is 5.73 Å². The van der Waals surface area contributed by atoms with Crippen LogP contribution < -0.4 is 5.73 Å². The predicted molar refractivity (Wildman–Crippen MR) is 71.9 cm³/mol. The highest BCUT2D eigenvalue weighted by Crippen LogP contribution is 2.34. The van der Waals surface area contributed by atoms with Crippen LogP contribution in [-0.2, 0) is 0 Å². The van der Waals surface area contributed by atoms with Crippen molar-refractivity contribution in [3.8, 4) is 22.8 Å². The van der Waals surface area contributed by atoms with Gasteiger partial charge in [0, 0.05) is 5.02 Å². The van der Waals surface area contributed by atoms with Gasteiger partial charge in [-0.3, -0.25) is 0 Å². The third-order valence-corrected chi connectivity index (χ3v) is 3.06. The molecule has 0 atom stereocenters. The van der Waals surface area contributed by atoms with E-state index in [1.165, 1.54) is 12.5 Å². The molecule has 0 radical (unpaired) electrons. The summed E-state index contributed by atoms with van der Waals surface area (Å²) in [4.78, 5) is 4.23. The SMILES string of the molecule is Nc1c(Cl)cc(Cl)cc1-c1nc(-c2ccoc2)no1. The number of anilines is 1. The molecule has 0 unspecified atom stereocenters. The van der Waals surface area contributed by atoms with Crippen molar-refractivity contribution in [1.82, 2.24) is 10.1 Å². The van der Waals surface area contributed by atoms with Crippen LogP contribution in [0, 0.1) is 0 Å². The van der Waals surface area contributed by atoms with Crippen LogP contribution in [0.3, 0.4) is 0 Å². The maximum atomic E-state index is 5.96. The van der Waals surface area contributed by atoms with Crippen molar-refractivity contribution in [3.63, 3.8) is 0 Å². The standard InChI is InChI=1S/C12H7Cl2N3O2/c13-7-3-8(10(15)9(14)4-7)12-16-11(17-19-12)6-1-2-18-5-6/h1-5H,15H2. The molecule has 0 fully saturated rings. The lowest BCUT2D eigenvalue weighted by molar-refractivity contribution is 0.432. The number of halogens is 2. The molecule has 0 amide bonds. The minimum Gasteiger partial charge on any atom is -0.472 e. The molecule has 0 aliphatic carbocycles. The number of hydrogen-bond acceptors (Lipinski definition) is 5. The van der Waals surface area contributed by atoms with Gasteiger partial charge in [0.05, 0.1) is 28.1 Å². The van der Waals surface area contributed by atoms with Crippen molar-refractivity contribution >= 4 is 28.9 Å². The molecule has 96 valence electrons. The highest BCUT2D eigenvalue weighted by Gasteiger charge is 2.16. The second-order valence-electron chi connectivity index (χ2n) is 3.78. The maximum Gasteiger partial charge on any atom is 0.260 e. The van der Waals surface area contributed by atoms with Crippen molar-refractivity contribution in [2.45, 2.75) is 0 Å². The van der Waals surface area contributed by atoms with Crippen LogP contribution in [0.5, 0.6) is 0 Å². The molecule has 3 aromatic rings. The molecular weight excluding hydrogens is 289 g/mol. The van der Waals surface area contributed by atoms with Crippen molar-refractivity contribution < 1.29 is 8.94 Å². The maximum absolute atomic E-state index is 5.96. The van der Waals surface area contributed by atoms with E-state index in [1.807, 2.05) is 0 Å². The van der Waals surface area contributed by atoms with Gasteiger partial charge < -0.3 is 14.7 Å². The van der Waals surface area contributed by atoms with E-state index in [0.29, 0.717) is 32.7 Å². The Hall–Kier alpha value is -1.98. The Balaban J connectivity index is 2.09. The Morgan fingerprint density at radius 2 is 2.05 bits per heavy atom. The Bertz CT molecular complexity index is 723. The molecule has 1 aromatic carbocycles. The van der Waals surface area contributed by atoms with E-state index >= 15 is 0 Å². The number of nitrogens with two attached hydrogens (primary N) is 1. The smallest absolute Gasteiger partial charge is 0.260 e. The summed E-state index contributed by atoms with van der Waals surface area (Å²) in [5.41, 5.74) is 7.43. The largest absolute Gasteiger partial charge is 0.472 e. The fraction of sp³-hybridized carbons (Fsp3) is 0. The van der Waals surface area contributed by atoms with Crippen LogP contribution in [0.15, 0.2) is 39.7 Å². The fourth-order valence-electron chi connectivity index (χ4n) is 1.60. The molecule has 0 aliphatic rings. The first kappa shape index (κ1) is 12.1. The molecule has 0 saturated heterocycles. The van der Waals surface area contributed by atoms with Gasteiger partial charge in [0.1, 0.15) is 6.26 Å². The summed E-state index contributed by atoms with van der Waals surface area (Å²) < 4.78 is 10.1. The summed E-state index contributed by atoms with van der Waals surface area (Å²) in [5.74, 6) is 0.650. The lowest BCUT2D eigenvalue weighted by Gasteiger charge is -2.03. The summed E-state index contributed by atoms with van der Waals surface area (Å²) in [5, 5.41) is 4.63. The second-order valence-corrected chi connectivity index (χ2v) is 4.63. The number of benzene rings is 1. The van der Waals surface area contributed by atoms with Gasteiger partial charge in [0.2, 0.25) is 5.82 Å². The van der Waals surface area contributed by atoms with Gasteiger partial charge in [0.25, 0.3) is 5.89 Å². The topological polar surface area (TPSA) is 78.1 Å². The van der Waals surface area contributed by atoms with E-state index in [2.05, 4.69) is 10.1 Å². The van der Waals surface area contributed by atoms with E-state index in [-0.39, 0.29) is 5.89 Å². The van der Waals surface area contributed by atoms with Crippen LogP contribution >= 0.6 is 23.2 Å². The quantitative estimate of drug-likeness (QED) is 0.726. The van der Waals surface area contributed by atoms with Crippen LogP contribution in [0.4, 0.5) is 5.69 Å². The fourth-order valence-corrected chi connectivity index (χ4v) is 2.10. The number of furan rings is 1. The number of nitrogen functional groups attached to an aromatic ring is 1. The minimum absolute atomic E-state index is 0.248. The highest BCUT2D eigenvalue weighted by atomic mass is 35.5. The van der Waals surface area contributed by atoms with Crippen LogP contribution in [0.2, 0.25) is 10.0 Å². The van der Waals surface area contributed by atoms with Crippen LogP contribution in [-0.4, -0.2) is 10.1 Å². The number of aromatic nitrogens is 2. The summed E-state index contributed by atoms with van der Waals surface area (Å²) >= 11 is 11.9. The summed E-state index contributed by atoms with van der Waals surface area (Å²) in [6.07, 6.45) is 3.04. The molecule has 0 aliphatic heterocycles. The second kappa shape index (κ2) is 4.60. The molecule has 2 N–H and O–H groups in total. The first-order valence-corrected chi connectivity index (χ1v) is 6.02. The molecular formula is C12H7Cl2N3O2. The molecule has 7 heteroatoms. The van der Waals surface area contributed by atoms with Crippen LogP contribution in [0.25, 0.3) is 22.8 Å². The third-order valence-electron chi connectivity index (χ3n) is 2.53. The molecule has 0 saturated carbocycles. The Kier molecular flexibility index (Phi) is 2.93. The van der Waals surface area contributed by atoms with Gasteiger partial charge in [-0.2, -0.15) is 4.98 Å². The van der Waals surface area contributed by atoms with Crippen molar-refractivity contribution in [2.24, 2.45) is 0 Å². The van der Waals surface area contributed by atoms with Gasteiger partial charge >= 0.3 is 0 Å². The normalized spacial score (nSPS) is 10.8. The molecule has 2 aromatic heterocycles. The first-order chi connectivity index (χ1) is 9.15. The molecule has 0 spiro atoms. The minimum atomic E-state index is 0.248. The van der Waals surface area contributed by atoms with Gasteiger partial charge in [-0.15, -0.1) is 0 Å². The molecule has 5 nitrogen and oxygen atoms in total. The van der Waals surface area contributed by atoms with Gasteiger partial charge in [-0.1, -0.05) is 28.4 Å². The Morgan fingerprint density at radius 3 is 2.79 bits per heavy atom. The third kappa shape index (κ3) is 2.18. The highest BCUT2D eigenvalue weighted by molar-refractivity contribution is 6.37. The van der Waals surface area contributed by atoms with E-state index in [0.717, 1.165) is 0 Å². The number of rotatable bonds is 2. The van der Waals surface area contributed by atoms with E-state index in [1.54, 1.807) is 18.2 Å². The zero-order valence-electron chi connectivity index (χ0n) is 9.43. The molecule has 3 rings (SSSR count). The van der Waals surface area contributed by atoms with E-state index in [4.69, 9.17) is 37.9 Å². The summed E-state index contributed by atoms with van der Waals surface area (Å²) in [7, 11) is 0. The molecule has 19 heavy (non-hydrogen) atoms. The van der Waals surface area contributed by atoms with E-state index < -0.39 is 0 Å². The van der Waals surface area contributed by atoms with Crippen molar-refractivity contribution in [3.05, 3.63) is 40.8 Å². The first-order valence-electron chi connectivity index (χ1n) is 5.26. The lowest BCUT2D eigenvalue weighted by Crippen LogP contribution is -1.92. The Labute approximate surface area is 117 Å².